The second-order valence-corrected chi connectivity index (χ2v) is 15.1. The minimum atomic E-state index is -1.66. The van der Waals surface area contributed by atoms with Gasteiger partial charge in [0.15, 0.2) is 0 Å². The van der Waals surface area contributed by atoms with Crippen LogP contribution in [0.15, 0.2) is 43.1 Å². The number of hydrogen-bond donors (Lipinski definition) is 0. The summed E-state index contributed by atoms with van der Waals surface area (Å²) in [5, 5.41) is 0. The molecule has 0 spiro atoms. The van der Waals surface area contributed by atoms with E-state index >= 15 is 0 Å². The molecule has 0 N–H and O–H groups in total. The fourth-order valence-corrected chi connectivity index (χ4v) is 10.9. The Hall–Kier alpha value is -0.520. The van der Waals surface area contributed by atoms with Crippen molar-refractivity contribution >= 4 is 25.5 Å². The number of benzene rings is 1. The topological polar surface area (TPSA) is 3.24 Å². The van der Waals surface area contributed by atoms with Gasteiger partial charge in [-0.3, -0.25) is 0 Å². The van der Waals surface area contributed by atoms with Crippen LogP contribution in [0.2, 0.25) is 0 Å². The first-order valence-electron chi connectivity index (χ1n) is 15.2. The first-order valence-corrected chi connectivity index (χ1v) is 17.8. The molecule has 0 bridgehead atoms. The van der Waals surface area contributed by atoms with E-state index in [9.17, 15) is 0 Å². The monoisotopic (exact) mass is 525 g/mol. The first-order chi connectivity index (χ1) is 16.7. The molecule has 0 amide bonds. The Morgan fingerprint density at radius 3 is 1.26 bits per heavy atom. The van der Waals surface area contributed by atoms with E-state index in [1.165, 1.54) is 140 Å². The molecule has 0 atom stereocenters. The zero-order chi connectivity index (χ0) is 24.7. The van der Waals surface area contributed by atoms with E-state index < -0.39 is 7.41 Å². The number of hydrogen-bond acceptors (Lipinski definition) is 1. The Kier molecular flexibility index (Phi) is 23.5. The van der Waals surface area contributed by atoms with Gasteiger partial charge in [0.25, 0.3) is 0 Å². The van der Waals surface area contributed by atoms with Gasteiger partial charge in [0.05, 0.1) is 0 Å². The summed E-state index contributed by atoms with van der Waals surface area (Å²) in [6.45, 7) is 11.3. The van der Waals surface area contributed by atoms with E-state index in [1.807, 2.05) is 0 Å². The molecule has 35 heavy (non-hydrogen) atoms. The maximum absolute atomic E-state index is 4.37. The number of nitrogens with zero attached hydrogens (tertiary/aromatic N) is 1. The predicted octanol–water partition coefficient (Wildman–Crippen LogP) is 11.8. The average molecular weight is 526 g/mol. The standard InChI is InChI=1S/C32H60NP.ClH/c1-5-9-12-15-18-24-29-34(30-25-19-16-13-10-6-2,31-26-20-17-14-11-7-3)33(8-4)32-27-22-21-23-28-32;/h8,21-23,27-28,34H,4-7,9-20,24-26,29-31H2,1-3H3;1H. The minimum Gasteiger partial charge on any atom is -0.147 e. The van der Waals surface area contributed by atoms with Crippen molar-refractivity contribution in [1.29, 1.82) is 0 Å². The molecular formula is C32H61ClNP. The Bertz CT molecular complexity index is 535. The molecule has 1 rings (SSSR count). The Morgan fingerprint density at radius 2 is 0.914 bits per heavy atom. The summed E-state index contributed by atoms with van der Waals surface area (Å²) in [5.74, 6) is 0. The second-order valence-electron chi connectivity index (χ2n) is 10.7. The summed E-state index contributed by atoms with van der Waals surface area (Å²) in [6.07, 6.45) is 31.8. The maximum atomic E-state index is 4.37. The quantitative estimate of drug-likeness (QED) is 0.0957. The van der Waals surface area contributed by atoms with Crippen molar-refractivity contribution in [2.24, 2.45) is 0 Å². The Balaban J connectivity index is 0.0000116. The van der Waals surface area contributed by atoms with Crippen molar-refractivity contribution in [2.75, 3.05) is 23.2 Å². The number of para-hydroxylation sites is 1. The first kappa shape index (κ1) is 34.5. The molecule has 206 valence electrons. The third kappa shape index (κ3) is 15.4. The molecule has 1 aromatic carbocycles. The van der Waals surface area contributed by atoms with Gasteiger partial charge in [0.2, 0.25) is 0 Å². The van der Waals surface area contributed by atoms with Crippen LogP contribution in [0.5, 0.6) is 0 Å². The Labute approximate surface area is 227 Å². The minimum absolute atomic E-state index is 0. The van der Waals surface area contributed by atoms with Gasteiger partial charge in [-0.1, -0.05) is 0 Å². The van der Waals surface area contributed by atoms with Gasteiger partial charge in [-0.05, 0) is 0 Å². The fraction of sp³-hybridized carbons (Fsp3) is 0.750. The summed E-state index contributed by atoms with van der Waals surface area (Å²) >= 11 is 0. The van der Waals surface area contributed by atoms with E-state index in [-0.39, 0.29) is 12.4 Å². The van der Waals surface area contributed by atoms with E-state index in [4.69, 9.17) is 0 Å². The molecule has 0 saturated heterocycles. The summed E-state index contributed by atoms with van der Waals surface area (Å²) in [7, 11) is -1.66. The van der Waals surface area contributed by atoms with Crippen LogP contribution in [-0.2, 0) is 0 Å². The Morgan fingerprint density at radius 1 is 0.571 bits per heavy atom. The fourth-order valence-electron chi connectivity index (χ4n) is 5.60. The number of halogens is 1. The summed E-state index contributed by atoms with van der Waals surface area (Å²) < 4.78 is 2.73. The molecule has 0 unspecified atom stereocenters. The zero-order valence-electron chi connectivity index (χ0n) is 23.9. The number of rotatable bonds is 24. The molecule has 1 nitrogen and oxygen atoms in total. The third-order valence-corrected chi connectivity index (χ3v) is 13.0. The SMILES string of the molecule is C=CN(c1ccccc1)[PH](CCCCCCCC)(CCCCCCCC)CCCCCCCC.Cl. The van der Waals surface area contributed by atoms with Gasteiger partial charge in [-0.2, -0.15) is 0 Å². The van der Waals surface area contributed by atoms with Crippen LogP contribution in [0.1, 0.15) is 136 Å². The molecule has 0 aliphatic heterocycles. The molecular weight excluding hydrogens is 465 g/mol. The van der Waals surface area contributed by atoms with E-state index in [2.05, 4.69) is 68.6 Å². The molecule has 0 fully saturated rings. The van der Waals surface area contributed by atoms with Crippen LogP contribution in [0.4, 0.5) is 5.69 Å². The maximum Gasteiger partial charge on any atom is -0.147 e. The van der Waals surface area contributed by atoms with Crippen LogP contribution in [0.3, 0.4) is 0 Å². The molecule has 0 heterocycles. The number of anilines is 1. The van der Waals surface area contributed by atoms with Crippen LogP contribution < -0.4 is 4.67 Å². The number of unbranched alkanes of at least 4 members (excludes halogenated alkanes) is 15. The van der Waals surface area contributed by atoms with Gasteiger partial charge >= 0.3 is 216 Å². The van der Waals surface area contributed by atoms with Crippen molar-refractivity contribution < 1.29 is 0 Å². The molecule has 0 aliphatic carbocycles. The van der Waals surface area contributed by atoms with Gasteiger partial charge in [0.1, 0.15) is 0 Å². The summed E-state index contributed by atoms with van der Waals surface area (Å²) in [4.78, 5) is 0. The van der Waals surface area contributed by atoms with Crippen molar-refractivity contribution in [3.05, 3.63) is 43.1 Å². The predicted molar refractivity (Wildman–Crippen MR) is 169 cm³/mol. The van der Waals surface area contributed by atoms with Crippen molar-refractivity contribution in [3.8, 4) is 0 Å². The molecule has 0 saturated carbocycles. The average Bonchev–Trinajstić information content (AvgIpc) is 2.86. The second kappa shape index (κ2) is 23.9. The summed E-state index contributed by atoms with van der Waals surface area (Å²) in [5.41, 5.74) is 1.40. The van der Waals surface area contributed by atoms with Crippen LogP contribution in [-0.4, -0.2) is 18.5 Å². The van der Waals surface area contributed by atoms with E-state index in [1.54, 1.807) is 0 Å². The van der Waals surface area contributed by atoms with E-state index in [0.29, 0.717) is 0 Å². The van der Waals surface area contributed by atoms with Gasteiger partial charge in [-0.25, -0.2) is 0 Å². The van der Waals surface area contributed by atoms with Crippen LogP contribution >= 0.6 is 19.8 Å². The smallest absolute Gasteiger partial charge is 0.147 e. The largest absolute Gasteiger partial charge is 0.147 e. The van der Waals surface area contributed by atoms with Crippen LogP contribution in [0.25, 0.3) is 0 Å². The van der Waals surface area contributed by atoms with Crippen molar-refractivity contribution in [1.82, 2.24) is 0 Å². The van der Waals surface area contributed by atoms with Crippen LogP contribution in [0, 0.1) is 0 Å². The molecule has 3 heteroatoms. The van der Waals surface area contributed by atoms with Gasteiger partial charge in [-0.15, -0.1) is 12.4 Å². The van der Waals surface area contributed by atoms with Gasteiger partial charge < -0.3 is 0 Å². The zero-order valence-corrected chi connectivity index (χ0v) is 25.7. The van der Waals surface area contributed by atoms with E-state index in [0.717, 1.165) is 0 Å². The normalized spacial score (nSPS) is 11.7. The molecule has 0 aromatic heterocycles. The molecule has 0 radical (unpaired) electrons. The molecule has 0 aliphatic rings. The third-order valence-electron chi connectivity index (χ3n) is 7.72. The van der Waals surface area contributed by atoms with Crippen molar-refractivity contribution in [2.45, 2.75) is 136 Å². The summed E-state index contributed by atoms with van der Waals surface area (Å²) in [6, 6.07) is 11.2. The van der Waals surface area contributed by atoms with Gasteiger partial charge in [0, 0.05) is 0 Å². The molecule has 1 aromatic rings. The van der Waals surface area contributed by atoms with Crippen molar-refractivity contribution in [3.63, 3.8) is 0 Å².